The smallest absolute Gasteiger partial charge is 0.253 e. The van der Waals surface area contributed by atoms with Gasteiger partial charge in [0.2, 0.25) is 0 Å². The number of amides is 1. The molecule has 0 aliphatic carbocycles. The summed E-state index contributed by atoms with van der Waals surface area (Å²) in [4.78, 5) is 18.8. The quantitative estimate of drug-likeness (QED) is 0.907. The highest BCUT2D eigenvalue weighted by molar-refractivity contribution is 5.94. The molecule has 132 valence electrons. The number of hydrogen-bond donors (Lipinski definition) is 1. The maximum atomic E-state index is 13.2. The first kappa shape index (κ1) is 17.4. The first-order valence-corrected chi connectivity index (χ1v) is 8.36. The minimum absolute atomic E-state index is 0.108. The molecule has 2 aromatic rings. The van der Waals surface area contributed by atoms with E-state index < -0.39 is 0 Å². The van der Waals surface area contributed by atoms with Crippen LogP contribution in [0.3, 0.4) is 0 Å². The van der Waals surface area contributed by atoms with E-state index in [9.17, 15) is 9.18 Å². The third-order valence-corrected chi connectivity index (χ3v) is 4.32. The molecule has 3 rings (SSSR count). The van der Waals surface area contributed by atoms with Gasteiger partial charge >= 0.3 is 0 Å². The molecule has 1 amide bonds. The van der Waals surface area contributed by atoms with E-state index in [4.69, 9.17) is 4.74 Å². The van der Waals surface area contributed by atoms with Crippen LogP contribution in [0.1, 0.15) is 34.8 Å². The number of ether oxygens (including phenoxy) is 1. The second-order valence-electron chi connectivity index (χ2n) is 6.35. The van der Waals surface area contributed by atoms with Crippen LogP contribution >= 0.6 is 0 Å². The SMILES string of the molecule is CN(C)c1ccc(C(=O)N[C@@H](c2ccc(F)cc2)[C@H]2CCCO2)cn1. The fourth-order valence-corrected chi connectivity index (χ4v) is 2.94. The molecule has 2 atom stereocenters. The van der Waals surface area contributed by atoms with Crippen molar-refractivity contribution in [2.24, 2.45) is 0 Å². The van der Waals surface area contributed by atoms with Crippen molar-refractivity contribution in [3.8, 4) is 0 Å². The summed E-state index contributed by atoms with van der Waals surface area (Å²) < 4.78 is 19.0. The number of nitrogens with one attached hydrogen (secondary N) is 1. The number of aromatic nitrogens is 1. The molecule has 1 aliphatic rings. The average Bonchev–Trinajstić information content (AvgIpc) is 3.15. The monoisotopic (exact) mass is 343 g/mol. The maximum absolute atomic E-state index is 13.2. The fourth-order valence-electron chi connectivity index (χ4n) is 2.94. The van der Waals surface area contributed by atoms with Crippen LogP contribution in [-0.2, 0) is 4.74 Å². The zero-order valence-electron chi connectivity index (χ0n) is 14.4. The number of carbonyl (C=O) groups is 1. The van der Waals surface area contributed by atoms with Crippen molar-refractivity contribution in [3.05, 3.63) is 59.5 Å². The molecule has 1 aromatic heterocycles. The number of pyridine rings is 1. The van der Waals surface area contributed by atoms with E-state index in [2.05, 4.69) is 10.3 Å². The molecule has 0 saturated carbocycles. The standard InChI is InChI=1S/C19H22FN3O2/c1-23(2)17-10-7-14(12-21-17)19(24)22-18(16-4-3-11-25-16)13-5-8-15(20)9-6-13/h5-10,12,16,18H,3-4,11H2,1-2H3,(H,22,24)/t16-,18+/m1/s1. The number of halogens is 1. The lowest BCUT2D eigenvalue weighted by atomic mass is 9.99. The molecule has 0 unspecified atom stereocenters. The van der Waals surface area contributed by atoms with E-state index in [0.29, 0.717) is 12.2 Å². The highest BCUT2D eigenvalue weighted by atomic mass is 19.1. The van der Waals surface area contributed by atoms with Crippen molar-refractivity contribution in [2.45, 2.75) is 25.0 Å². The van der Waals surface area contributed by atoms with E-state index in [1.165, 1.54) is 12.1 Å². The molecule has 1 saturated heterocycles. The van der Waals surface area contributed by atoms with Gasteiger partial charge in [0.15, 0.2) is 0 Å². The summed E-state index contributed by atoms with van der Waals surface area (Å²) in [6.07, 6.45) is 3.27. The van der Waals surface area contributed by atoms with Crippen molar-refractivity contribution >= 4 is 11.7 Å². The molecule has 6 heteroatoms. The van der Waals surface area contributed by atoms with Crippen molar-refractivity contribution < 1.29 is 13.9 Å². The molecule has 2 heterocycles. The molecule has 5 nitrogen and oxygen atoms in total. The largest absolute Gasteiger partial charge is 0.376 e. The second kappa shape index (κ2) is 7.61. The third kappa shape index (κ3) is 4.14. The highest BCUT2D eigenvalue weighted by Crippen LogP contribution is 2.27. The molecule has 1 aromatic carbocycles. The number of rotatable bonds is 5. The summed E-state index contributed by atoms with van der Waals surface area (Å²) in [5.41, 5.74) is 1.32. The van der Waals surface area contributed by atoms with Crippen LogP contribution < -0.4 is 10.2 Å². The molecule has 0 radical (unpaired) electrons. The summed E-state index contributed by atoms with van der Waals surface area (Å²) in [6, 6.07) is 9.41. The van der Waals surface area contributed by atoms with Crippen LogP contribution in [-0.4, -0.2) is 37.7 Å². The van der Waals surface area contributed by atoms with E-state index in [-0.39, 0.29) is 23.9 Å². The maximum Gasteiger partial charge on any atom is 0.253 e. The summed E-state index contributed by atoms with van der Waals surface area (Å²) in [6.45, 7) is 0.678. The normalized spacial score (nSPS) is 18.0. The number of hydrogen-bond acceptors (Lipinski definition) is 4. The Kier molecular flexibility index (Phi) is 5.28. The van der Waals surface area contributed by atoms with Crippen molar-refractivity contribution in [1.29, 1.82) is 0 Å². The van der Waals surface area contributed by atoms with E-state index in [1.54, 1.807) is 30.5 Å². The van der Waals surface area contributed by atoms with Gasteiger partial charge in [-0.25, -0.2) is 9.37 Å². The lowest BCUT2D eigenvalue weighted by Crippen LogP contribution is -2.36. The number of benzene rings is 1. The van der Waals surface area contributed by atoms with Gasteiger partial charge in [-0.2, -0.15) is 0 Å². The molecule has 25 heavy (non-hydrogen) atoms. The number of carbonyl (C=O) groups excluding carboxylic acids is 1. The van der Waals surface area contributed by atoms with Gasteiger partial charge in [0.25, 0.3) is 5.91 Å². The fraction of sp³-hybridized carbons (Fsp3) is 0.368. The van der Waals surface area contributed by atoms with E-state index >= 15 is 0 Å². The number of nitrogens with zero attached hydrogens (tertiary/aromatic N) is 2. The Balaban J connectivity index is 1.79. The lowest BCUT2D eigenvalue weighted by molar-refractivity contribution is 0.0672. The van der Waals surface area contributed by atoms with E-state index in [1.807, 2.05) is 19.0 Å². The second-order valence-corrected chi connectivity index (χ2v) is 6.35. The molecule has 0 bridgehead atoms. The van der Waals surface area contributed by atoms with Crippen LogP contribution in [0.4, 0.5) is 10.2 Å². The van der Waals surface area contributed by atoms with Crippen molar-refractivity contribution in [2.75, 3.05) is 25.6 Å². The Hall–Kier alpha value is -2.47. The molecule has 1 N–H and O–H groups in total. The minimum atomic E-state index is -0.316. The average molecular weight is 343 g/mol. The minimum Gasteiger partial charge on any atom is -0.376 e. The molecule has 1 aliphatic heterocycles. The Morgan fingerprint density at radius 2 is 2.04 bits per heavy atom. The van der Waals surface area contributed by atoms with E-state index in [0.717, 1.165) is 24.2 Å². The van der Waals surface area contributed by atoms with Crippen molar-refractivity contribution in [3.63, 3.8) is 0 Å². The Morgan fingerprint density at radius 3 is 2.60 bits per heavy atom. The first-order chi connectivity index (χ1) is 12.0. The van der Waals surface area contributed by atoms with Crippen LogP contribution in [0.2, 0.25) is 0 Å². The van der Waals surface area contributed by atoms with Crippen LogP contribution in [0.5, 0.6) is 0 Å². The predicted octanol–water partition coefficient (Wildman–Crippen LogP) is 2.94. The summed E-state index contributed by atoms with van der Waals surface area (Å²) in [5.74, 6) is 0.262. The Bertz CT molecular complexity index is 710. The van der Waals surface area contributed by atoms with Gasteiger partial charge in [-0.3, -0.25) is 4.79 Å². The Labute approximate surface area is 146 Å². The topological polar surface area (TPSA) is 54.5 Å². The molecular weight excluding hydrogens is 321 g/mol. The van der Waals surface area contributed by atoms with Crippen molar-refractivity contribution in [1.82, 2.24) is 10.3 Å². The zero-order valence-corrected chi connectivity index (χ0v) is 14.4. The van der Waals surface area contributed by atoms with Gasteiger partial charge in [0, 0.05) is 26.9 Å². The van der Waals surface area contributed by atoms with Gasteiger partial charge < -0.3 is 15.0 Å². The van der Waals surface area contributed by atoms with Crippen LogP contribution in [0.15, 0.2) is 42.6 Å². The molecule has 1 fully saturated rings. The van der Waals surface area contributed by atoms with Crippen LogP contribution in [0.25, 0.3) is 0 Å². The van der Waals surface area contributed by atoms with Gasteiger partial charge in [0.1, 0.15) is 11.6 Å². The summed E-state index contributed by atoms with van der Waals surface area (Å²) >= 11 is 0. The van der Waals surface area contributed by atoms with Gasteiger partial charge in [-0.15, -0.1) is 0 Å². The third-order valence-electron chi connectivity index (χ3n) is 4.32. The predicted molar refractivity (Wildman–Crippen MR) is 94.1 cm³/mol. The molecule has 0 spiro atoms. The summed E-state index contributed by atoms with van der Waals surface area (Å²) in [7, 11) is 3.79. The number of anilines is 1. The summed E-state index contributed by atoms with van der Waals surface area (Å²) in [5, 5.41) is 3.02. The molecular formula is C19H22FN3O2. The van der Waals surface area contributed by atoms with Gasteiger partial charge in [0.05, 0.1) is 17.7 Å². The zero-order chi connectivity index (χ0) is 17.8. The lowest BCUT2D eigenvalue weighted by Gasteiger charge is -2.25. The Morgan fingerprint density at radius 1 is 1.28 bits per heavy atom. The highest BCUT2D eigenvalue weighted by Gasteiger charge is 2.29. The first-order valence-electron chi connectivity index (χ1n) is 8.36. The van der Waals surface area contributed by atoms with Gasteiger partial charge in [-0.05, 0) is 42.7 Å². The van der Waals surface area contributed by atoms with Crippen LogP contribution in [0, 0.1) is 5.82 Å². The van der Waals surface area contributed by atoms with Gasteiger partial charge in [-0.1, -0.05) is 12.1 Å².